The number of nitrogens with one attached hydrogen (secondary N) is 1. The van der Waals surface area contributed by atoms with Crippen molar-refractivity contribution in [2.24, 2.45) is 0 Å². The molecule has 3 rings (SSSR count). The summed E-state index contributed by atoms with van der Waals surface area (Å²) in [6.45, 7) is 4.08. The lowest BCUT2D eigenvalue weighted by Gasteiger charge is -1.96. The monoisotopic (exact) mass is 272 g/mol. The number of benzene rings is 1. The van der Waals surface area contributed by atoms with Crippen LogP contribution in [0.4, 0.5) is 5.13 Å². The lowest BCUT2D eigenvalue weighted by Crippen LogP contribution is -2.10. The SMILES string of the molecule is Cc1cc(C)c2sc(NC(=O)c3ccco3)nc2c1. The largest absolute Gasteiger partial charge is 0.459 e. The average Bonchev–Trinajstić information content (AvgIpc) is 2.96. The number of furan rings is 1. The molecule has 0 saturated carbocycles. The lowest BCUT2D eigenvalue weighted by atomic mass is 10.1. The number of aryl methyl sites for hydroxylation is 2. The van der Waals surface area contributed by atoms with E-state index in [0.717, 1.165) is 10.2 Å². The maximum atomic E-state index is 11.9. The fourth-order valence-corrected chi connectivity index (χ4v) is 2.91. The summed E-state index contributed by atoms with van der Waals surface area (Å²) in [5.41, 5.74) is 3.25. The van der Waals surface area contributed by atoms with Crippen LogP contribution in [0.3, 0.4) is 0 Å². The average molecular weight is 272 g/mol. The molecular weight excluding hydrogens is 260 g/mol. The minimum absolute atomic E-state index is 0.279. The van der Waals surface area contributed by atoms with Crippen molar-refractivity contribution in [2.45, 2.75) is 13.8 Å². The van der Waals surface area contributed by atoms with Crippen molar-refractivity contribution in [1.82, 2.24) is 4.98 Å². The van der Waals surface area contributed by atoms with Gasteiger partial charge in [-0.3, -0.25) is 10.1 Å². The van der Waals surface area contributed by atoms with E-state index >= 15 is 0 Å². The highest BCUT2D eigenvalue weighted by Gasteiger charge is 2.12. The first-order valence-corrected chi connectivity index (χ1v) is 6.68. The number of fused-ring (bicyclic) bond motifs is 1. The van der Waals surface area contributed by atoms with Crippen molar-refractivity contribution < 1.29 is 9.21 Å². The van der Waals surface area contributed by atoms with E-state index in [1.807, 2.05) is 19.9 Å². The Morgan fingerprint density at radius 3 is 2.95 bits per heavy atom. The molecule has 2 aromatic heterocycles. The Morgan fingerprint density at radius 2 is 2.21 bits per heavy atom. The number of hydrogen-bond donors (Lipinski definition) is 1. The Bertz CT molecular complexity index is 744. The van der Waals surface area contributed by atoms with E-state index in [1.165, 1.54) is 28.7 Å². The van der Waals surface area contributed by atoms with Crippen molar-refractivity contribution >= 4 is 32.6 Å². The summed E-state index contributed by atoms with van der Waals surface area (Å²) in [6.07, 6.45) is 1.47. The fraction of sp³-hybridized carbons (Fsp3) is 0.143. The molecule has 1 amide bonds. The molecule has 0 radical (unpaired) electrons. The highest BCUT2D eigenvalue weighted by Crippen LogP contribution is 2.29. The second-order valence-electron chi connectivity index (χ2n) is 4.38. The van der Waals surface area contributed by atoms with Crippen LogP contribution in [0.1, 0.15) is 21.7 Å². The van der Waals surface area contributed by atoms with Crippen LogP contribution in [0.5, 0.6) is 0 Å². The topological polar surface area (TPSA) is 55.1 Å². The molecule has 0 fully saturated rings. The quantitative estimate of drug-likeness (QED) is 0.772. The summed E-state index contributed by atoms with van der Waals surface area (Å²) in [7, 11) is 0. The van der Waals surface area contributed by atoms with E-state index < -0.39 is 0 Å². The van der Waals surface area contributed by atoms with Gasteiger partial charge in [0.1, 0.15) is 0 Å². The summed E-state index contributed by atoms with van der Waals surface area (Å²) < 4.78 is 6.15. The Hall–Kier alpha value is -2.14. The number of nitrogens with zero attached hydrogens (tertiary/aromatic N) is 1. The third-order valence-electron chi connectivity index (χ3n) is 2.79. The minimum Gasteiger partial charge on any atom is -0.459 e. The van der Waals surface area contributed by atoms with Crippen LogP contribution in [0.2, 0.25) is 0 Å². The first kappa shape index (κ1) is 11.9. The molecule has 3 aromatic rings. The van der Waals surface area contributed by atoms with Gasteiger partial charge in [-0.2, -0.15) is 0 Å². The van der Waals surface area contributed by atoms with Gasteiger partial charge >= 0.3 is 0 Å². The molecule has 5 heteroatoms. The molecule has 0 bridgehead atoms. The second-order valence-corrected chi connectivity index (χ2v) is 5.38. The van der Waals surface area contributed by atoms with Crippen LogP contribution >= 0.6 is 11.3 Å². The van der Waals surface area contributed by atoms with Crippen LogP contribution in [-0.2, 0) is 0 Å². The van der Waals surface area contributed by atoms with Crippen LogP contribution in [0, 0.1) is 13.8 Å². The standard InChI is InChI=1S/C14H12N2O2S/c1-8-6-9(2)12-10(7-8)15-14(19-12)16-13(17)11-4-3-5-18-11/h3-7H,1-2H3,(H,15,16,17). The number of carbonyl (C=O) groups is 1. The first-order valence-electron chi connectivity index (χ1n) is 5.86. The van der Waals surface area contributed by atoms with E-state index in [9.17, 15) is 4.79 Å². The molecular formula is C14H12N2O2S. The Kier molecular flexibility index (Phi) is 2.83. The number of hydrogen-bond acceptors (Lipinski definition) is 4. The van der Waals surface area contributed by atoms with Gasteiger partial charge in [-0.25, -0.2) is 4.98 Å². The molecule has 2 heterocycles. The smallest absolute Gasteiger partial charge is 0.293 e. The van der Waals surface area contributed by atoms with Crippen LogP contribution in [0.15, 0.2) is 34.9 Å². The number of carbonyl (C=O) groups excluding carboxylic acids is 1. The third kappa shape index (κ3) is 2.24. The summed E-state index contributed by atoms with van der Waals surface area (Å²) in [5.74, 6) is 0.00518. The van der Waals surface area contributed by atoms with Gasteiger partial charge in [-0.1, -0.05) is 17.4 Å². The molecule has 0 aliphatic heterocycles. The van der Waals surface area contributed by atoms with Crippen molar-refractivity contribution in [3.63, 3.8) is 0 Å². The van der Waals surface area contributed by atoms with E-state index in [0.29, 0.717) is 5.13 Å². The molecule has 0 aliphatic rings. The van der Waals surface area contributed by atoms with Crippen molar-refractivity contribution in [2.75, 3.05) is 5.32 Å². The number of thiazole rings is 1. The van der Waals surface area contributed by atoms with Gasteiger partial charge < -0.3 is 4.42 Å². The summed E-state index contributed by atoms with van der Waals surface area (Å²) in [5, 5.41) is 3.34. The van der Waals surface area contributed by atoms with Crippen LogP contribution in [-0.4, -0.2) is 10.9 Å². The van der Waals surface area contributed by atoms with Crippen molar-refractivity contribution in [3.05, 3.63) is 47.4 Å². The van der Waals surface area contributed by atoms with Gasteiger partial charge in [-0.05, 0) is 43.2 Å². The van der Waals surface area contributed by atoms with E-state index in [2.05, 4.69) is 16.4 Å². The van der Waals surface area contributed by atoms with Gasteiger partial charge in [0.2, 0.25) is 0 Å². The number of amides is 1. The molecule has 96 valence electrons. The minimum atomic E-state index is -0.279. The van der Waals surface area contributed by atoms with E-state index in [-0.39, 0.29) is 11.7 Å². The Balaban J connectivity index is 1.94. The summed E-state index contributed by atoms with van der Waals surface area (Å²) >= 11 is 1.47. The number of anilines is 1. The van der Waals surface area contributed by atoms with Crippen molar-refractivity contribution in [1.29, 1.82) is 0 Å². The van der Waals surface area contributed by atoms with Crippen molar-refractivity contribution in [3.8, 4) is 0 Å². The van der Waals surface area contributed by atoms with Gasteiger partial charge in [-0.15, -0.1) is 0 Å². The molecule has 0 spiro atoms. The predicted molar refractivity (Wildman–Crippen MR) is 75.8 cm³/mol. The fourth-order valence-electron chi connectivity index (χ4n) is 2.00. The molecule has 19 heavy (non-hydrogen) atoms. The maximum Gasteiger partial charge on any atom is 0.293 e. The molecule has 0 saturated heterocycles. The molecule has 4 nitrogen and oxygen atoms in total. The van der Waals surface area contributed by atoms with Gasteiger partial charge in [0, 0.05) is 0 Å². The van der Waals surface area contributed by atoms with Gasteiger partial charge in [0.05, 0.1) is 16.5 Å². The number of aromatic nitrogens is 1. The van der Waals surface area contributed by atoms with Gasteiger partial charge in [0.25, 0.3) is 5.91 Å². The van der Waals surface area contributed by atoms with Crippen LogP contribution in [0.25, 0.3) is 10.2 Å². The highest BCUT2D eigenvalue weighted by molar-refractivity contribution is 7.22. The predicted octanol–water partition coefficient (Wildman–Crippen LogP) is 3.76. The zero-order chi connectivity index (χ0) is 13.4. The van der Waals surface area contributed by atoms with E-state index in [4.69, 9.17) is 4.42 Å². The third-order valence-corrected chi connectivity index (χ3v) is 3.91. The summed E-state index contributed by atoms with van der Waals surface area (Å²) in [6, 6.07) is 7.43. The second kappa shape index (κ2) is 4.51. The molecule has 1 aromatic carbocycles. The lowest BCUT2D eigenvalue weighted by molar-refractivity contribution is 0.0996. The normalized spacial score (nSPS) is 10.8. The number of rotatable bonds is 2. The molecule has 1 N–H and O–H groups in total. The Morgan fingerprint density at radius 1 is 1.37 bits per heavy atom. The molecule has 0 aliphatic carbocycles. The molecule has 0 unspecified atom stereocenters. The molecule has 0 atom stereocenters. The van der Waals surface area contributed by atoms with Crippen LogP contribution < -0.4 is 5.32 Å². The zero-order valence-electron chi connectivity index (χ0n) is 10.6. The zero-order valence-corrected chi connectivity index (χ0v) is 11.4. The Labute approximate surface area is 114 Å². The highest BCUT2D eigenvalue weighted by atomic mass is 32.1. The van der Waals surface area contributed by atoms with Gasteiger partial charge in [0.15, 0.2) is 10.9 Å². The maximum absolute atomic E-state index is 11.9. The van der Waals surface area contributed by atoms with E-state index in [1.54, 1.807) is 12.1 Å². The summed E-state index contributed by atoms with van der Waals surface area (Å²) in [4.78, 5) is 16.3. The first-order chi connectivity index (χ1) is 9.13.